The summed E-state index contributed by atoms with van der Waals surface area (Å²) in [5.74, 6) is -0.603. The highest BCUT2D eigenvalue weighted by molar-refractivity contribution is 5.76. The number of aliphatic carboxylic acids is 1. The molecule has 1 saturated carbocycles. The van der Waals surface area contributed by atoms with Gasteiger partial charge in [-0.05, 0) is 25.7 Å². The minimum Gasteiger partial charge on any atom is -0.479 e. The fourth-order valence-electron chi connectivity index (χ4n) is 2.20. The Balaban J connectivity index is 2.43. The van der Waals surface area contributed by atoms with Crippen LogP contribution in [0.3, 0.4) is 0 Å². The van der Waals surface area contributed by atoms with Gasteiger partial charge in [0.25, 0.3) is 0 Å². The molecular weight excluding hydrogens is 206 g/mol. The molecule has 3 atom stereocenters. The summed E-state index contributed by atoms with van der Waals surface area (Å²) in [6.07, 6.45) is 5.98. The number of carbonyl (C=O) groups is 1. The number of carboxylic acid groups (broad SMARTS) is 1. The summed E-state index contributed by atoms with van der Waals surface area (Å²) in [5.41, 5.74) is -1.66. The summed E-state index contributed by atoms with van der Waals surface area (Å²) in [6, 6.07) is 0.341. The fourth-order valence-corrected chi connectivity index (χ4v) is 2.20. The van der Waals surface area contributed by atoms with Gasteiger partial charge in [0.2, 0.25) is 0 Å². The van der Waals surface area contributed by atoms with E-state index in [1.807, 2.05) is 0 Å². The van der Waals surface area contributed by atoms with Crippen LogP contribution in [0.5, 0.6) is 0 Å². The Morgan fingerprint density at radius 3 is 2.62 bits per heavy atom. The molecule has 0 saturated heterocycles. The van der Waals surface area contributed by atoms with Gasteiger partial charge in [0.05, 0.1) is 0 Å². The second-order valence-corrected chi connectivity index (χ2v) is 5.18. The molecule has 0 spiro atoms. The lowest BCUT2D eigenvalue weighted by Gasteiger charge is -2.27. The molecule has 94 valence electrons. The van der Waals surface area contributed by atoms with Gasteiger partial charge in [-0.1, -0.05) is 26.2 Å². The van der Waals surface area contributed by atoms with Crippen LogP contribution in [-0.4, -0.2) is 34.4 Å². The molecule has 1 aliphatic rings. The molecule has 0 aromatic carbocycles. The van der Waals surface area contributed by atoms with Crippen molar-refractivity contribution in [3.8, 4) is 0 Å². The maximum absolute atomic E-state index is 10.8. The number of nitrogens with one attached hydrogen (secondary N) is 1. The second kappa shape index (κ2) is 5.64. The maximum Gasteiger partial charge on any atom is 0.336 e. The van der Waals surface area contributed by atoms with Gasteiger partial charge in [0, 0.05) is 12.6 Å². The molecule has 0 bridgehead atoms. The summed E-state index contributed by atoms with van der Waals surface area (Å²) in [6.45, 7) is 3.65. The zero-order valence-corrected chi connectivity index (χ0v) is 10.2. The van der Waals surface area contributed by atoms with E-state index < -0.39 is 11.6 Å². The zero-order valence-electron chi connectivity index (χ0n) is 10.2. The van der Waals surface area contributed by atoms with Crippen LogP contribution < -0.4 is 5.32 Å². The van der Waals surface area contributed by atoms with Crippen LogP contribution in [0.25, 0.3) is 0 Å². The highest BCUT2D eigenvalue weighted by Gasteiger charge is 2.31. The van der Waals surface area contributed by atoms with Crippen LogP contribution in [0.15, 0.2) is 0 Å². The predicted octanol–water partition coefficient (Wildman–Crippen LogP) is 1.38. The number of carboxylic acids is 1. The Bertz CT molecular complexity index is 240. The molecule has 0 heterocycles. The van der Waals surface area contributed by atoms with Crippen molar-refractivity contribution in [1.82, 2.24) is 5.32 Å². The summed E-state index contributed by atoms with van der Waals surface area (Å²) >= 11 is 0. The molecular formula is C12H23NO3. The van der Waals surface area contributed by atoms with E-state index in [-0.39, 0.29) is 6.54 Å². The van der Waals surface area contributed by atoms with Crippen molar-refractivity contribution in [2.45, 2.75) is 57.6 Å². The smallest absolute Gasteiger partial charge is 0.336 e. The van der Waals surface area contributed by atoms with E-state index in [1.54, 1.807) is 0 Å². The molecule has 0 aromatic rings. The number of hydrogen-bond donors (Lipinski definition) is 3. The van der Waals surface area contributed by atoms with Gasteiger partial charge >= 0.3 is 5.97 Å². The van der Waals surface area contributed by atoms with Gasteiger partial charge in [0.1, 0.15) is 0 Å². The molecule has 0 amide bonds. The van der Waals surface area contributed by atoms with Crippen molar-refractivity contribution in [2.24, 2.45) is 5.92 Å². The lowest BCUT2D eigenvalue weighted by atomic mass is 9.96. The molecule has 0 aromatic heterocycles. The second-order valence-electron chi connectivity index (χ2n) is 5.18. The first kappa shape index (κ1) is 13.5. The Morgan fingerprint density at radius 2 is 2.00 bits per heavy atom. The van der Waals surface area contributed by atoms with E-state index >= 15 is 0 Å². The van der Waals surface area contributed by atoms with E-state index in [4.69, 9.17) is 5.11 Å². The third kappa shape index (κ3) is 3.76. The van der Waals surface area contributed by atoms with Crippen LogP contribution in [-0.2, 0) is 4.79 Å². The average Bonchev–Trinajstić information content (AvgIpc) is 2.40. The van der Waals surface area contributed by atoms with Crippen LogP contribution in [0.2, 0.25) is 0 Å². The molecule has 0 aliphatic heterocycles. The maximum atomic E-state index is 10.8. The topological polar surface area (TPSA) is 69.6 Å². The van der Waals surface area contributed by atoms with Gasteiger partial charge in [-0.25, -0.2) is 4.79 Å². The predicted molar refractivity (Wildman–Crippen MR) is 62.3 cm³/mol. The van der Waals surface area contributed by atoms with E-state index in [2.05, 4.69) is 12.2 Å². The summed E-state index contributed by atoms with van der Waals surface area (Å²) < 4.78 is 0. The van der Waals surface area contributed by atoms with Gasteiger partial charge in [-0.15, -0.1) is 0 Å². The Morgan fingerprint density at radius 1 is 1.38 bits per heavy atom. The molecule has 3 N–H and O–H groups in total. The monoisotopic (exact) mass is 229 g/mol. The first-order valence-corrected chi connectivity index (χ1v) is 6.12. The van der Waals surface area contributed by atoms with Gasteiger partial charge in [-0.3, -0.25) is 0 Å². The molecule has 16 heavy (non-hydrogen) atoms. The first-order valence-electron chi connectivity index (χ1n) is 6.12. The van der Waals surface area contributed by atoms with Crippen molar-refractivity contribution in [3.63, 3.8) is 0 Å². The highest BCUT2D eigenvalue weighted by atomic mass is 16.4. The molecule has 1 aliphatic carbocycles. The Kier molecular flexibility index (Phi) is 4.74. The van der Waals surface area contributed by atoms with Crippen LogP contribution in [0.1, 0.15) is 46.0 Å². The summed E-state index contributed by atoms with van der Waals surface area (Å²) in [7, 11) is 0. The molecule has 3 unspecified atom stereocenters. The van der Waals surface area contributed by atoms with Crippen LogP contribution in [0.4, 0.5) is 0 Å². The van der Waals surface area contributed by atoms with Crippen LogP contribution in [0, 0.1) is 5.92 Å². The lowest BCUT2D eigenvalue weighted by molar-refractivity contribution is -0.156. The standard InChI is InChI=1S/C12H23NO3/c1-9-6-4-3-5-7-10(9)13-8-12(2,16)11(14)15/h9-10,13,16H,3-8H2,1-2H3,(H,14,15). The third-order valence-electron chi connectivity index (χ3n) is 3.53. The van der Waals surface area contributed by atoms with Crippen LogP contribution >= 0.6 is 0 Å². The van der Waals surface area contributed by atoms with E-state index in [1.165, 1.54) is 32.6 Å². The Labute approximate surface area is 97.0 Å². The lowest BCUT2D eigenvalue weighted by Crippen LogP contribution is -2.49. The van der Waals surface area contributed by atoms with Gasteiger partial charge in [-0.2, -0.15) is 0 Å². The van der Waals surface area contributed by atoms with Crippen molar-refractivity contribution in [2.75, 3.05) is 6.54 Å². The SMILES string of the molecule is CC1CCCCCC1NCC(C)(O)C(=O)O. The largest absolute Gasteiger partial charge is 0.479 e. The zero-order chi connectivity index (χ0) is 12.2. The summed E-state index contributed by atoms with van der Waals surface area (Å²) in [5, 5.41) is 21.6. The minimum absolute atomic E-state index is 0.122. The summed E-state index contributed by atoms with van der Waals surface area (Å²) in [4.78, 5) is 10.8. The van der Waals surface area contributed by atoms with Gasteiger partial charge < -0.3 is 15.5 Å². The van der Waals surface area contributed by atoms with E-state index in [0.717, 1.165) is 6.42 Å². The van der Waals surface area contributed by atoms with Gasteiger partial charge in [0.15, 0.2) is 5.60 Å². The molecule has 4 heteroatoms. The molecule has 1 fully saturated rings. The first-order chi connectivity index (χ1) is 7.43. The fraction of sp³-hybridized carbons (Fsp3) is 0.917. The van der Waals surface area contributed by atoms with E-state index in [9.17, 15) is 9.90 Å². The normalized spacial score (nSPS) is 30.4. The number of aliphatic hydroxyl groups is 1. The third-order valence-corrected chi connectivity index (χ3v) is 3.53. The van der Waals surface area contributed by atoms with Crippen molar-refractivity contribution >= 4 is 5.97 Å². The quantitative estimate of drug-likeness (QED) is 0.637. The van der Waals surface area contributed by atoms with Crippen molar-refractivity contribution < 1.29 is 15.0 Å². The average molecular weight is 229 g/mol. The molecule has 0 radical (unpaired) electrons. The van der Waals surface area contributed by atoms with Crippen molar-refractivity contribution in [3.05, 3.63) is 0 Å². The Hall–Kier alpha value is -0.610. The molecule has 1 rings (SSSR count). The minimum atomic E-state index is -1.66. The van der Waals surface area contributed by atoms with E-state index in [0.29, 0.717) is 12.0 Å². The molecule has 4 nitrogen and oxygen atoms in total. The highest BCUT2D eigenvalue weighted by Crippen LogP contribution is 2.23. The van der Waals surface area contributed by atoms with Crippen molar-refractivity contribution in [1.29, 1.82) is 0 Å². The number of rotatable bonds is 4. The number of hydrogen-bond acceptors (Lipinski definition) is 3.